The van der Waals surface area contributed by atoms with E-state index >= 15 is 0 Å². The van der Waals surface area contributed by atoms with Gasteiger partial charge in [-0.3, -0.25) is 9.67 Å². The summed E-state index contributed by atoms with van der Waals surface area (Å²) in [5, 5.41) is 8.13. The topological polar surface area (TPSA) is 42.7 Å². The lowest BCUT2D eigenvalue weighted by atomic mass is 9.96. The molecule has 0 spiro atoms. The first-order valence-electron chi connectivity index (χ1n) is 7.98. The molecule has 0 saturated heterocycles. The Balaban J connectivity index is 2.32. The van der Waals surface area contributed by atoms with E-state index in [1.807, 2.05) is 23.3 Å². The molecule has 0 aliphatic heterocycles. The minimum absolute atomic E-state index is 0.202. The van der Waals surface area contributed by atoms with Gasteiger partial charge in [0.1, 0.15) is 0 Å². The van der Waals surface area contributed by atoms with Crippen LogP contribution in [0.3, 0.4) is 0 Å². The Kier molecular flexibility index (Phi) is 5.93. The Labute approximate surface area is 127 Å². The molecule has 1 atom stereocenters. The van der Waals surface area contributed by atoms with Gasteiger partial charge in [-0.2, -0.15) is 5.10 Å². The number of hydrogen-bond donors (Lipinski definition) is 1. The SMILES string of the molecule is CCCNC(c1cnn(CCC)c1)c1ccncc1CC. The van der Waals surface area contributed by atoms with Gasteiger partial charge in [0.15, 0.2) is 0 Å². The molecule has 1 N–H and O–H groups in total. The summed E-state index contributed by atoms with van der Waals surface area (Å²) in [6.45, 7) is 8.51. The number of aromatic nitrogens is 3. The summed E-state index contributed by atoms with van der Waals surface area (Å²) < 4.78 is 2.03. The molecule has 21 heavy (non-hydrogen) atoms. The summed E-state index contributed by atoms with van der Waals surface area (Å²) in [5.41, 5.74) is 3.85. The van der Waals surface area contributed by atoms with Gasteiger partial charge in [0.2, 0.25) is 0 Å². The Bertz CT molecular complexity index is 547. The number of rotatable bonds is 8. The van der Waals surface area contributed by atoms with E-state index in [2.05, 4.69) is 48.4 Å². The van der Waals surface area contributed by atoms with Crippen LogP contribution in [0.5, 0.6) is 0 Å². The summed E-state index contributed by atoms with van der Waals surface area (Å²) in [5.74, 6) is 0. The van der Waals surface area contributed by atoms with E-state index in [0.717, 1.165) is 32.4 Å². The Morgan fingerprint density at radius 2 is 2.05 bits per heavy atom. The van der Waals surface area contributed by atoms with Crippen molar-refractivity contribution in [3.8, 4) is 0 Å². The van der Waals surface area contributed by atoms with Crippen molar-refractivity contribution in [3.05, 3.63) is 47.5 Å². The van der Waals surface area contributed by atoms with E-state index in [1.54, 1.807) is 0 Å². The fourth-order valence-corrected chi connectivity index (χ4v) is 2.59. The number of nitrogens with zero attached hydrogens (tertiary/aromatic N) is 3. The van der Waals surface area contributed by atoms with Crippen LogP contribution in [0.1, 0.15) is 56.3 Å². The molecular formula is C17H26N4. The van der Waals surface area contributed by atoms with E-state index in [1.165, 1.54) is 16.7 Å². The van der Waals surface area contributed by atoms with Crippen molar-refractivity contribution in [1.82, 2.24) is 20.1 Å². The molecule has 0 aliphatic carbocycles. The van der Waals surface area contributed by atoms with Gasteiger partial charge in [-0.25, -0.2) is 0 Å². The number of nitrogens with one attached hydrogen (secondary N) is 1. The summed E-state index contributed by atoms with van der Waals surface area (Å²) >= 11 is 0. The highest BCUT2D eigenvalue weighted by Gasteiger charge is 2.18. The maximum absolute atomic E-state index is 4.48. The Morgan fingerprint density at radius 1 is 1.19 bits per heavy atom. The van der Waals surface area contributed by atoms with E-state index in [9.17, 15) is 0 Å². The van der Waals surface area contributed by atoms with Crippen LogP contribution >= 0.6 is 0 Å². The highest BCUT2D eigenvalue weighted by Crippen LogP contribution is 2.25. The van der Waals surface area contributed by atoms with Crippen LogP contribution in [0.15, 0.2) is 30.9 Å². The minimum Gasteiger partial charge on any atom is -0.306 e. The fraction of sp³-hybridized carbons (Fsp3) is 0.529. The lowest BCUT2D eigenvalue weighted by Gasteiger charge is -2.20. The van der Waals surface area contributed by atoms with E-state index in [0.29, 0.717) is 0 Å². The molecule has 0 aliphatic rings. The summed E-state index contributed by atoms with van der Waals surface area (Å²) in [7, 11) is 0. The molecule has 114 valence electrons. The van der Waals surface area contributed by atoms with Crippen LogP contribution < -0.4 is 5.32 Å². The van der Waals surface area contributed by atoms with Crippen molar-refractivity contribution in [3.63, 3.8) is 0 Å². The largest absolute Gasteiger partial charge is 0.306 e. The molecule has 2 rings (SSSR count). The van der Waals surface area contributed by atoms with Gasteiger partial charge >= 0.3 is 0 Å². The smallest absolute Gasteiger partial charge is 0.0611 e. The molecule has 0 radical (unpaired) electrons. The maximum Gasteiger partial charge on any atom is 0.0611 e. The Morgan fingerprint density at radius 3 is 2.76 bits per heavy atom. The molecule has 0 aromatic carbocycles. The molecule has 1 unspecified atom stereocenters. The number of aryl methyl sites for hydroxylation is 2. The molecule has 0 fully saturated rings. The molecule has 4 nitrogen and oxygen atoms in total. The normalized spacial score (nSPS) is 12.5. The molecule has 2 heterocycles. The van der Waals surface area contributed by atoms with Crippen LogP contribution in [-0.4, -0.2) is 21.3 Å². The van der Waals surface area contributed by atoms with Gasteiger partial charge in [0.25, 0.3) is 0 Å². The molecule has 2 aromatic rings. The fourth-order valence-electron chi connectivity index (χ4n) is 2.59. The zero-order chi connectivity index (χ0) is 15.1. The third-order valence-corrected chi connectivity index (χ3v) is 3.67. The third kappa shape index (κ3) is 3.91. The quantitative estimate of drug-likeness (QED) is 0.809. The van der Waals surface area contributed by atoms with Crippen molar-refractivity contribution >= 4 is 0 Å². The lowest BCUT2D eigenvalue weighted by Crippen LogP contribution is -2.24. The van der Waals surface area contributed by atoms with Gasteiger partial charge in [-0.05, 0) is 43.0 Å². The van der Waals surface area contributed by atoms with Crippen molar-refractivity contribution in [2.24, 2.45) is 0 Å². The summed E-state index contributed by atoms with van der Waals surface area (Å²) in [4.78, 5) is 4.26. The van der Waals surface area contributed by atoms with Crippen molar-refractivity contribution in [2.75, 3.05) is 6.54 Å². The third-order valence-electron chi connectivity index (χ3n) is 3.67. The van der Waals surface area contributed by atoms with E-state index in [4.69, 9.17) is 0 Å². The molecule has 0 bridgehead atoms. The van der Waals surface area contributed by atoms with Crippen LogP contribution in [0.25, 0.3) is 0 Å². The standard InChI is InChI=1S/C17H26N4/c1-4-8-19-17(15-12-20-21(13-15)10-5-2)16-7-9-18-11-14(16)6-3/h7,9,11-13,17,19H,4-6,8,10H2,1-3H3. The summed E-state index contributed by atoms with van der Waals surface area (Å²) in [6.07, 6.45) is 11.2. The van der Waals surface area contributed by atoms with Gasteiger partial charge in [-0.15, -0.1) is 0 Å². The van der Waals surface area contributed by atoms with Gasteiger partial charge < -0.3 is 5.32 Å². The van der Waals surface area contributed by atoms with Crippen LogP contribution in [0.2, 0.25) is 0 Å². The summed E-state index contributed by atoms with van der Waals surface area (Å²) in [6, 6.07) is 2.33. The first kappa shape index (κ1) is 15.7. The highest BCUT2D eigenvalue weighted by atomic mass is 15.3. The molecular weight excluding hydrogens is 260 g/mol. The predicted octanol–water partition coefficient (Wildman–Crippen LogP) is 3.34. The van der Waals surface area contributed by atoms with Crippen molar-refractivity contribution in [2.45, 2.75) is 52.6 Å². The molecule has 0 amide bonds. The van der Waals surface area contributed by atoms with Crippen LogP contribution in [0, 0.1) is 0 Å². The molecule has 0 saturated carbocycles. The predicted molar refractivity (Wildman–Crippen MR) is 86.3 cm³/mol. The second kappa shape index (κ2) is 7.93. The average molecular weight is 286 g/mol. The zero-order valence-corrected chi connectivity index (χ0v) is 13.3. The minimum atomic E-state index is 0.202. The number of hydrogen-bond acceptors (Lipinski definition) is 3. The van der Waals surface area contributed by atoms with Gasteiger partial charge in [0.05, 0.1) is 12.2 Å². The second-order valence-corrected chi connectivity index (χ2v) is 5.35. The lowest BCUT2D eigenvalue weighted by molar-refractivity contribution is 0.585. The van der Waals surface area contributed by atoms with Crippen LogP contribution in [0.4, 0.5) is 0 Å². The first-order valence-corrected chi connectivity index (χ1v) is 7.98. The van der Waals surface area contributed by atoms with Gasteiger partial charge in [0, 0.05) is 30.7 Å². The highest BCUT2D eigenvalue weighted by molar-refractivity contribution is 5.34. The molecule has 4 heteroatoms. The molecule has 2 aromatic heterocycles. The van der Waals surface area contributed by atoms with E-state index in [-0.39, 0.29) is 6.04 Å². The average Bonchev–Trinajstić information content (AvgIpc) is 2.97. The van der Waals surface area contributed by atoms with Gasteiger partial charge in [-0.1, -0.05) is 20.8 Å². The maximum atomic E-state index is 4.48. The Hall–Kier alpha value is -1.68. The van der Waals surface area contributed by atoms with Crippen molar-refractivity contribution in [1.29, 1.82) is 0 Å². The first-order chi connectivity index (χ1) is 10.3. The second-order valence-electron chi connectivity index (χ2n) is 5.35. The van der Waals surface area contributed by atoms with Crippen molar-refractivity contribution < 1.29 is 0 Å². The number of pyridine rings is 1. The van der Waals surface area contributed by atoms with Crippen LogP contribution in [-0.2, 0) is 13.0 Å². The monoisotopic (exact) mass is 286 g/mol. The van der Waals surface area contributed by atoms with E-state index < -0.39 is 0 Å². The zero-order valence-electron chi connectivity index (χ0n) is 13.3.